The predicted molar refractivity (Wildman–Crippen MR) is 101 cm³/mol. The van der Waals surface area contributed by atoms with Crippen LogP contribution in [-0.2, 0) is 6.54 Å². The number of furan rings is 1. The second-order valence-electron chi connectivity index (χ2n) is 7.19. The first-order valence-corrected chi connectivity index (χ1v) is 9.38. The van der Waals surface area contributed by atoms with Crippen molar-refractivity contribution in [3.05, 3.63) is 53.3 Å². The van der Waals surface area contributed by atoms with Gasteiger partial charge in [-0.15, -0.1) is 0 Å². The second-order valence-corrected chi connectivity index (χ2v) is 7.19. The van der Waals surface area contributed by atoms with Gasteiger partial charge in [-0.25, -0.2) is 4.98 Å². The molecule has 2 aromatic heterocycles. The maximum Gasteiger partial charge on any atom is 0.289 e. The number of amides is 1. The molecule has 0 saturated carbocycles. The molecule has 1 aliphatic rings. The molecule has 1 saturated heterocycles. The highest BCUT2D eigenvalue weighted by atomic mass is 16.3. The number of likely N-dealkylation sites (tertiary alicyclic amines) is 1. The van der Waals surface area contributed by atoms with Crippen molar-refractivity contribution in [2.24, 2.45) is 0 Å². The molecule has 26 heavy (non-hydrogen) atoms. The SMILES string of the molecule is CCn1ccnc1C1CCN(C(=O)c2oc3cc(C)ccc3c2C)CC1. The molecule has 0 radical (unpaired) electrons. The van der Waals surface area contributed by atoms with Gasteiger partial charge in [0.2, 0.25) is 0 Å². The Morgan fingerprint density at radius 3 is 2.77 bits per heavy atom. The van der Waals surface area contributed by atoms with Crippen molar-refractivity contribution in [2.75, 3.05) is 13.1 Å². The molecule has 4 rings (SSSR count). The van der Waals surface area contributed by atoms with E-state index in [1.54, 1.807) is 0 Å². The zero-order valence-electron chi connectivity index (χ0n) is 15.7. The van der Waals surface area contributed by atoms with Crippen LogP contribution in [0.2, 0.25) is 0 Å². The molecule has 0 unspecified atom stereocenters. The first-order valence-electron chi connectivity index (χ1n) is 9.38. The quantitative estimate of drug-likeness (QED) is 0.707. The number of hydrogen-bond donors (Lipinski definition) is 0. The van der Waals surface area contributed by atoms with Crippen molar-refractivity contribution < 1.29 is 9.21 Å². The van der Waals surface area contributed by atoms with Crippen LogP contribution >= 0.6 is 0 Å². The number of fused-ring (bicyclic) bond motifs is 1. The first kappa shape index (κ1) is 16.9. The van der Waals surface area contributed by atoms with Crippen LogP contribution in [0.25, 0.3) is 11.0 Å². The van der Waals surface area contributed by atoms with E-state index in [9.17, 15) is 4.79 Å². The van der Waals surface area contributed by atoms with Crippen LogP contribution in [0.5, 0.6) is 0 Å². The highest BCUT2D eigenvalue weighted by Crippen LogP contribution is 2.30. The van der Waals surface area contributed by atoms with Crippen LogP contribution in [0.1, 0.15) is 53.2 Å². The first-order chi connectivity index (χ1) is 12.6. The molecule has 0 bridgehead atoms. The van der Waals surface area contributed by atoms with Gasteiger partial charge in [0.1, 0.15) is 11.4 Å². The van der Waals surface area contributed by atoms with E-state index in [0.717, 1.165) is 60.4 Å². The van der Waals surface area contributed by atoms with Gasteiger partial charge in [-0.3, -0.25) is 4.79 Å². The van der Waals surface area contributed by atoms with Crippen molar-refractivity contribution in [3.63, 3.8) is 0 Å². The summed E-state index contributed by atoms with van der Waals surface area (Å²) in [6, 6.07) is 6.09. The topological polar surface area (TPSA) is 51.3 Å². The van der Waals surface area contributed by atoms with Crippen LogP contribution in [0.15, 0.2) is 35.0 Å². The minimum Gasteiger partial charge on any atom is -0.451 e. The van der Waals surface area contributed by atoms with Gasteiger partial charge in [0.15, 0.2) is 5.76 Å². The Morgan fingerprint density at radius 1 is 1.27 bits per heavy atom. The lowest BCUT2D eigenvalue weighted by Gasteiger charge is -2.31. The molecular formula is C21H25N3O2. The van der Waals surface area contributed by atoms with Crippen LogP contribution in [0.3, 0.4) is 0 Å². The van der Waals surface area contributed by atoms with Crippen LogP contribution in [0.4, 0.5) is 0 Å². The summed E-state index contributed by atoms with van der Waals surface area (Å²) in [5.74, 6) is 2.07. The minimum atomic E-state index is 0.00800. The highest BCUT2D eigenvalue weighted by Gasteiger charge is 2.29. The molecule has 5 heteroatoms. The maximum atomic E-state index is 13.0. The van der Waals surface area contributed by atoms with Crippen molar-refractivity contribution in [2.45, 2.75) is 46.1 Å². The predicted octanol–water partition coefficient (Wildman–Crippen LogP) is 4.29. The summed E-state index contributed by atoms with van der Waals surface area (Å²) >= 11 is 0. The Balaban J connectivity index is 1.51. The van der Waals surface area contributed by atoms with Crippen molar-refractivity contribution in [3.8, 4) is 0 Å². The normalized spacial score (nSPS) is 15.7. The monoisotopic (exact) mass is 351 g/mol. The number of carbonyl (C=O) groups is 1. The summed E-state index contributed by atoms with van der Waals surface area (Å²) in [5, 5.41) is 1.03. The van der Waals surface area contributed by atoms with Gasteiger partial charge in [0.25, 0.3) is 5.91 Å². The number of benzene rings is 1. The lowest BCUT2D eigenvalue weighted by molar-refractivity contribution is 0.0679. The molecule has 0 atom stereocenters. The summed E-state index contributed by atoms with van der Waals surface area (Å²) in [6.07, 6.45) is 5.80. The van der Waals surface area contributed by atoms with Crippen molar-refractivity contribution in [1.82, 2.24) is 14.5 Å². The van der Waals surface area contributed by atoms with Crippen LogP contribution < -0.4 is 0 Å². The Bertz CT molecular complexity index is 945. The number of hydrogen-bond acceptors (Lipinski definition) is 3. The number of imidazole rings is 1. The van der Waals surface area contributed by atoms with Gasteiger partial charge in [0, 0.05) is 48.9 Å². The molecular weight excluding hydrogens is 326 g/mol. The third-order valence-electron chi connectivity index (χ3n) is 5.52. The molecule has 1 amide bonds. The van der Waals surface area contributed by atoms with Gasteiger partial charge < -0.3 is 13.9 Å². The van der Waals surface area contributed by atoms with E-state index in [1.807, 2.05) is 43.3 Å². The number of aryl methyl sites for hydroxylation is 3. The molecule has 0 spiro atoms. The van der Waals surface area contributed by atoms with E-state index in [2.05, 4.69) is 22.5 Å². The smallest absolute Gasteiger partial charge is 0.289 e. The summed E-state index contributed by atoms with van der Waals surface area (Å²) in [4.78, 5) is 19.5. The van der Waals surface area contributed by atoms with Crippen LogP contribution in [0, 0.1) is 13.8 Å². The number of piperidine rings is 1. The van der Waals surface area contributed by atoms with E-state index in [1.165, 1.54) is 0 Å². The number of carbonyl (C=O) groups excluding carboxylic acids is 1. The summed E-state index contributed by atoms with van der Waals surface area (Å²) in [7, 11) is 0. The molecule has 0 N–H and O–H groups in total. The molecule has 136 valence electrons. The fourth-order valence-corrected chi connectivity index (χ4v) is 3.97. The summed E-state index contributed by atoms with van der Waals surface area (Å²) in [5.41, 5.74) is 2.87. The highest BCUT2D eigenvalue weighted by molar-refractivity contribution is 5.99. The summed E-state index contributed by atoms with van der Waals surface area (Å²) in [6.45, 7) is 8.57. The Kier molecular flexibility index (Phi) is 4.31. The average Bonchev–Trinajstić information content (AvgIpc) is 3.25. The van der Waals surface area contributed by atoms with Crippen molar-refractivity contribution >= 4 is 16.9 Å². The van der Waals surface area contributed by atoms with E-state index >= 15 is 0 Å². The van der Waals surface area contributed by atoms with Gasteiger partial charge >= 0.3 is 0 Å². The Labute approximate surface area is 153 Å². The number of nitrogens with zero attached hydrogens (tertiary/aromatic N) is 3. The Morgan fingerprint density at radius 2 is 2.04 bits per heavy atom. The fraction of sp³-hybridized carbons (Fsp3) is 0.429. The van der Waals surface area contributed by atoms with Crippen molar-refractivity contribution in [1.29, 1.82) is 0 Å². The molecule has 1 aromatic carbocycles. The van der Waals surface area contributed by atoms with E-state index in [0.29, 0.717) is 11.7 Å². The molecule has 5 nitrogen and oxygen atoms in total. The minimum absolute atomic E-state index is 0.00800. The summed E-state index contributed by atoms with van der Waals surface area (Å²) < 4.78 is 8.12. The van der Waals surface area contributed by atoms with Gasteiger partial charge in [-0.2, -0.15) is 0 Å². The lowest BCUT2D eigenvalue weighted by atomic mass is 9.95. The molecule has 0 aliphatic carbocycles. The second kappa shape index (κ2) is 6.63. The largest absolute Gasteiger partial charge is 0.451 e. The standard InChI is InChI=1S/C21H25N3O2/c1-4-23-12-9-22-20(23)16-7-10-24(11-8-16)21(25)19-15(3)17-6-5-14(2)13-18(17)26-19/h5-6,9,12-13,16H,4,7-8,10-11H2,1-3H3. The van der Waals surface area contributed by atoms with E-state index in [4.69, 9.17) is 4.42 Å². The van der Waals surface area contributed by atoms with Crippen LogP contribution in [-0.4, -0.2) is 33.4 Å². The zero-order valence-corrected chi connectivity index (χ0v) is 15.7. The maximum absolute atomic E-state index is 13.0. The van der Waals surface area contributed by atoms with Gasteiger partial charge in [-0.1, -0.05) is 12.1 Å². The number of aromatic nitrogens is 2. The third kappa shape index (κ3) is 2.81. The molecule has 3 aromatic rings. The Hall–Kier alpha value is -2.56. The van der Waals surface area contributed by atoms with E-state index < -0.39 is 0 Å². The molecule has 1 fully saturated rings. The zero-order chi connectivity index (χ0) is 18.3. The van der Waals surface area contributed by atoms with E-state index in [-0.39, 0.29) is 5.91 Å². The molecule has 1 aliphatic heterocycles. The van der Waals surface area contributed by atoms with Gasteiger partial charge in [-0.05, 0) is 45.2 Å². The number of rotatable bonds is 3. The third-order valence-corrected chi connectivity index (χ3v) is 5.52. The lowest BCUT2D eigenvalue weighted by Crippen LogP contribution is -2.38. The molecule has 3 heterocycles. The average molecular weight is 351 g/mol. The van der Waals surface area contributed by atoms with Gasteiger partial charge in [0.05, 0.1) is 0 Å². The fourth-order valence-electron chi connectivity index (χ4n) is 3.97.